The number of para-hydroxylation sites is 2. The quantitative estimate of drug-likeness (QED) is 0.0950. The molecule has 4 aromatic carbocycles. The van der Waals surface area contributed by atoms with Crippen LogP contribution in [0.4, 0.5) is 5.69 Å². The van der Waals surface area contributed by atoms with E-state index in [0.717, 1.165) is 25.0 Å². The summed E-state index contributed by atoms with van der Waals surface area (Å²) in [6.07, 6.45) is 3.28. The van der Waals surface area contributed by atoms with Crippen molar-refractivity contribution in [1.82, 2.24) is 0 Å². The Morgan fingerprint density at radius 2 is 1.42 bits per heavy atom. The molecule has 1 saturated heterocycles. The van der Waals surface area contributed by atoms with Gasteiger partial charge in [-0.3, -0.25) is 0 Å². The van der Waals surface area contributed by atoms with Gasteiger partial charge < -0.3 is 12.3 Å². The van der Waals surface area contributed by atoms with Gasteiger partial charge in [-0.25, -0.2) is 6.54 Å². The third kappa shape index (κ3) is 9.16. The normalized spacial score (nSPS) is 17.3. The second-order valence-electron chi connectivity index (χ2n) is 12.8. The molecule has 0 spiro atoms. The number of nitrogens with zero attached hydrogens (tertiary/aromatic N) is 1. The summed E-state index contributed by atoms with van der Waals surface area (Å²) in [6.45, 7) is 19.2. The van der Waals surface area contributed by atoms with Gasteiger partial charge in [-0.2, -0.15) is 0 Å². The molecule has 0 aromatic heterocycles. The predicted octanol–water partition coefficient (Wildman–Crippen LogP) is 11.3. The van der Waals surface area contributed by atoms with Crippen molar-refractivity contribution in [2.24, 2.45) is 0 Å². The minimum absolute atomic E-state index is 0. The van der Waals surface area contributed by atoms with Crippen LogP contribution >= 0.6 is 19.8 Å². The molecule has 0 aliphatic carbocycles. The molecule has 1 unspecified atom stereocenters. The molecular weight excluding hydrogens is 750 g/mol. The molecule has 0 saturated carbocycles. The van der Waals surface area contributed by atoms with Crippen LogP contribution in [0.3, 0.4) is 0 Å². The number of anilines is 1. The Hall–Kier alpha value is -2.30. The van der Waals surface area contributed by atoms with E-state index in [9.17, 15) is 0 Å². The molecule has 1 aliphatic heterocycles. The zero-order valence-corrected chi connectivity index (χ0v) is 32.3. The molecule has 0 N–H and O–H groups in total. The van der Waals surface area contributed by atoms with E-state index < -0.39 is 0 Å². The maximum atomic E-state index is 6.15. The second-order valence-corrected chi connectivity index (χ2v) is 16.3. The smallest absolute Gasteiger partial charge is 0.0140 e. The molecule has 1 atom stereocenters. The van der Waals surface area contributed by atoms with Crippen LogP contribution in [0.2, 0.25) is 0 Å². The molecular formula is C41H51INORu-2. The maximum absolute atomic E-state index is 6.15. The fourth-order valence-corrected chi connectivity index (χ4v) is 8.43. The molecule has 0 radical (unpaired) electrons. The molecule has 4 aromatic rings. The van der Waals surface area contributed by atoms with Gasteiger partial charge >= 0.3 is 140 Å². The third-order valence-electron chi connectivity index (χ3n) is 8.58. The van der Waals surface area contributed by atoms with Gasteiger partial charge in [-0.05, 0) is 44.2 Å². The average Bonchev–Trinajstić information content (AvgIpc) is 3.29. The Kier molecular flexibility index (Phi) is 14.1. The molecule has 243 valence electrons. The van der Waals surface area contributed by atoms with Crippen molar-refractivity contribution in [3.05, 3.63) is 144 Å². The van der Waals surface area contributed by atoms with Crippen molar-refractivity contribution < 1.29 is 17.9 Å². The molecule has 4 heteroatoms. The first-order chi connectivity index (χ1) is 21.1. The van der Waals surface area contributed by atoms with E-state index in [1.807, 2.05) is 6.07 Å². The van der Waals surface area contributed by atoms with Gasteiger partial charge in [0.05, 0.1) is 0 Å². The van der Waals surface area contributed by atoms with Crippen LogP contribution in [0.15, 0.2) is 97.1 Å². The zero-order chi connectivity index (χ0) is 31.7. The van der Waals surface area contributed by atoms with Crippen LogP contribution in [0.25, 0.3) is 0 Å². The summed E-state index contributed by atoms with van der Waals surface area (Å²) in [7, 11) is 0. The fourth-order valence-electron chi connectivity index (χ4n) is 6.42. The van der Waals surface area contributed by atoms with Crippen LogP contribution in [-0.2, 0) is 38.0 Å². The standard InChI is InChI=1S/C23H30N.C17H18O.CH3.HI.Ru/c1-6-18-12-11-13-19(7-2)21(18)24-17-23(5,16-22(24,3)4)20-14-9-8-10-15-20;1-13(2)16-11-7-8-14(3)17(16)18-12-15-9-5-4-6-10-15;;;/h8-15,17H,6-7,16H2,1-5H3;3-11,13H,12H2,1-2H3;1H3;1H;/q-1;;-1;;+1/p-1. The number of hydrogen-bond acceptors (Lipinski definition) is 2. The summed E-state index contributed by atoms with van der Waals surface area (Å²) >= 11 is 2.70. The van der Waals surface area contributed by atoms with E-state index in [2.05, 4.69) is 175 Å². The van der Waals surface area contributed by atoms with Crippen molar-refractivity contribution >= 4 is 30.0 Å². The molecule has 45 heavy (non-hydrogen) atoms. The number of rotatable bonds is 9. The minimum Gasteiger partial charge on any atom is -0.517 e. The minimum atomic E-state index is 0. The molecule has 1 fully saturated rings. The Bertz CT molecular complexity index is 1490. The summed E-state index contributed by atoms with van der Waals surface area (Å²) < 4.78 is 8.45. The summed E-state index contributed by atoms with van der Waals surface area (Å²) in [6, 6.07) is 34.5. The summed E-state index contributed by atoms with van der Waals surface area (Å²) in [5.41, 5.74) is 9.68. The fraction of sp³-hybridized carbons (Fsp3) is 0.341. The van der Waals surface area contributed by atoms with Gasteiger partial charge in [0.25, 0.3) is 0 Å². The van der Waals surface area contributed by atoms with Crippen LogP contribution in [0, 0.1) is 14.0 Å². The van der Waals surface area contributed by atoms with Crippen molar-refractivity contribution in [3.63, 3.8) is 0 Å². The average molecular weight is 802 g/mol. The van der Waals surface area contributed by atoms with Gasteiger partial charge in [0.2, 0.25) is 0 Å². The SMILES string of the molecule is CC(C)c1cccc([CH]=[Ru][I])c1OCc1ccccc1.CCc1cccc(CC)c1N1[CH-]C(C)(c2ccccc2)CC1(C)C.[CH3-]. The van der Waals surface area contributed by atoms with E-state index in [-0.39, 0.29) is 31.5 Å². The monoisotopic (exact) mass is 802 g/mol. The molecule has 2 nitrogen and oxygen atoms in total. The number of aryl methyl sites for hydroxylation is 2. The second kappa shape index (κ2) is 17.0. The molecule has 5 rings (SSSR count). The van der Waals surface area contributed by atoms with Crippen molar-refractivity contribution in [3.8, 4) is 5.75 Å². The van der Waals surface area contributed by atoms with Crippen molar-refractivity contribution in [2.45, 2.75) is 91.2 Å². The molecule has 1 aliphatic rings. The third-order valence-corrected chi connectivity index (χ3v) is 10.6. The molecule has 0 amide bonds. The van der Waals surface area contributed by atoms with E-state index in [4.69, 9.17) is 4.74 Å². The van der Waals surface area contributed by atoms with Gasteiger partial charge in [0.15, 0.2) is 0 Å². The van der Waals surface area contributed by atoms with Gasteiger partial charge in [0.1, 0.15) is 0 Å². The summed E-state index contributed by atoms with van der Waals surface area (Å²) in [4.78, 5) is 2.57. The van der Waals surface area contributed by atoms with Gasteiger partial charge in [0, 0.05) is 11.2 Å². The Morgan fingerprint density at radius 3 is 1.98 bits per heavy atom. The topological polar surface area (TPSA) is 12.5 Å². The van der Waals surface area contributed by atoms with Crippen LogP contribution in [0.5, 0.6) is 5.75 Å². The van der Waals surface area contributed by atoms with Gasteiger partial charge in [-0.15, -0.1) is 5.41 Å². The van der Waals surface area contributed by atoms with E-state index in [0.29, 0.717) is 12.5 Å². The van der Waals surface area contributed by atoms with Crippen LogP contribution < -0.4 is 9.64 Å². The maximum Gasteiger partial charge on any atom is 0.0140 e. The number of halogens is 1. The number of hydrogen-bond donors (Lipinski definition) is 0. The first-order valence-corrected chi connectivity index (χ1v) is 22.0. The summed E-state index contributed by atoms with van der Waals surface area (Å²) in [5.74, 6) is 1.52. The van der Waals surface area contributed by atoms with E-state index in [1.54, 1.807) is 0 Å². The van der Waals surface area contributed by atoms with Gasteiger partial charge in [-0.1, -0.05) is 74.9 Å². The molecule has 0 bridgehead atoms. The van der Waals surface area contributed by atoms with E-state index >= 15 is 0 Å². The predicted molar refractivity (Wildman–Crippen MR) is 201 cm³/mol. The Morgan fingerprint density at radius 1 is 0.844 bits per heavy atom. The number of benzene rings is 4. The number of ether oxygens (including phenoxy) is 1. The zero-order valence-electron chi connectivity index (χ0n) is 28.4. The van der Waals surface area contributed by atoms with Crippen LogP contribution in [-0.4, -0.2) is 10.1 Å². The van der Waals surface area contributed by atoms with Crippen LogP contribution in [0.1, 0.15) is 94.2 Å². The Labute approximate surface area is 292 Å². The largest absolute Gasteiger partial charge is 0.517 e. The van der Waals surface area contributed by atoms with E-state index in [1.165, 1.54) is 39.1 Å². The summed E-state index contributed by atoms with van der Waals surface area (Å²) in [5, 5.41) is 0. The Balaban J connectivity index is 0.000000244. The van der Waals surface area contributed by atoms with Crippen molar-refractivity contribution in [2.75, 3.05) is 4.90 Å². The molecule has 1 heterocycles. The van der Waals surface area contributed by atoms with Crippen molar-refractivity contribution in [1.29, 1.82) is 0 Å². The first kappa shape index (κ1) is 37.2. The first-order valence-electron chi connectivity index (χ1n) is 15.8.